The summed E-state index contributed by atoms with van der Waals surface area (Å²) in [6.07, 6.45) is -0.0979. The Labute approximate surface area is 210 Å². The molecule has 5 rings (SSSR count). The summed E-state index contributed by atoms with van der Waals surface area (Å²) in [6, 6.07) is 17.3. The third-order valence-electron chi connectivity index (χ3n) is 6.97. The minimum atomic E-state index is -4.38. The molecule has 3 aromatic carbocycles. The molecule has 0 fully saturated rings. The van der Waals surface area contributed by atoms with E-state index in [1.54, 1.807) is 0 Å². The van der Waals surface area contributed by atoms with Gasteiger partial charge in [0, 0.05) is 16.5 Å². The van der Waals surface area contributed by atoms with Crippen LogP contribution in [0.5, 0.6) is 0 Å². The third kappa shape index (κ3) is 4.32. The fraction of sp³-hybridized carbons (Fsp3) is 0.290. The van der Waals surface area contributed by atoms with Crippen LogP contribution in [0.25, 0.3) is 10.8 Å². The Bertz CT molecular complexity index is 1440. The zero-order valence-corrected chi connectivity index (χ0v) is 20.9. The van der Waals surface area contributed by atoms with Crippen LogP contribution in [-0.2, 0) is 6.18 Å². The van der Waals surface area contributed by atoms with Crippen molar-refractivity contribution in [3.63, 3.8) is 0 Å². The van der Waals surface area contributed by atoms with Crippen LogP contribution in [0.3, 0.4) is 0 Å². The zero-order chi connectivity index (χ0) is 25.6. The van der Waals surface area contributed by atoms with E-state index in [1.165, 1.54) is 23.3 Å². The Kier molecular flexibility index (Phi) is 6.19. The molecule has 0 bridgehead atoms. The van der Waals surface area contributed by atoms with E-state index < -0.39 is 11.7 Å². The number of hydrogen-bond donors (Lipinski definition) is 0. The van der Waals surface area contributed by atoms with Gasteiger partial charge in [0.15, 0.2) is 0 Å². The molecule has 0 atom stereocenters. The highest BCUT2D eigenvalue weighted by Crippen LogP contribution is 2.39. The second kappa shape index (κ2) is 9.20. The van der Waals surface area contributed by atoms with Crippen LogP contribution in [0, 0.1) is 11.8 Å². The normalized spacial score (nSPS) is 18.3. The number of allylic oxidation sites excluding steroid dienone is 3. The van der Waals surface area contributed by atoms with Gasteiger partial charge < -0.3 is 0 Å². The summed E-state index contributed by atoms with van der Waals surface area (Å²) in [6.45, 7) is 8.80. The maximum absolute atomic E-state index is 13.1. The largest absolute Gasteiger partial charge is 0.416 e. The SMILES string of the molecule is CC(C)C1=CCCC(C(C)C)=C1N=C1C(=Nc2ccc(C(F)(F)F)cc2)c2cccc3cccc1c23. The van der Waals surface area contributed by atoms with Crippen molar-refractivity contribution in [1.29, 1.82) is 0 Å². The molecule has 0 spiro atoms. The first kappa shape index (κ1) is 24.2. The van der Waals surface area contributed by atoms with Gasteiger partial charge in [-0.25, -0.2) is 9.98 Å². The number of aliphatic imine (C=N–C) groups is 2. The quantitative estimate of drug-likeness (QED) is 0.351. The van der Waals surface area contributed by atoms with Crippen molar-refractivity contribution in [3.8, 4) is 0 Å². The number of nitrogens with zero attached hydrogens (tertiary/aromatic N) is 2. The second-order valence-electron chi connectivity index (χ2n) is 10.1. The van der Waals surface area contributed by atoms with E-state index in [-0.39, 0.29) is 0 Å². The van der Waals surface area contributed by atoms with E-state index in [1.807, 2.05) is 18.2 Å². The lowest BCUT2D eigenvalue weighted by Crippen LogP contribution is -2.15. The van der Waals surface area contributed by atoms with Crippen LogP contribution in [-0.4, -0.2) is 11.4 Å². The Hall–Kier alpha value is -3.47. The lowest BCUT2D eigenvalue weighted by Gasteiger charge is -2.24. The van der Waals surface area contributed by atoms with Gasteiger partial charge in [0.2, 0.25) is 0 Å². The molecule has 184 valence electrons. The van der Waals surface area contributed by atoms with Gasteiger partial charge in [0.25, 0.3) is 0 Å². The Morgan fingerprint density at radius 3 is 1.92 bits per heavy atom. The highest BCUT2D eigenvalue weighted by molar-refractivity contribution is 6.61. The number of benzene rings is 3. The molecule has 36 heavy (non-hydrogen) atoms. The highest BCUT2D eigenvalue weighted by Gasteiger charge is 2.31. The topological polar surface area (TPSA) is 24.7 Å². The highest BCUT2D eigenvalue weighted by atomic mass is 19.4. The zero-order valence-electron chi connectivity index (χ0n) is 20.9. The molecule has 3 aromatic rings. The van der Waals surface area contributed by atoms with Crippen molar-refractivity contribution >= 4 is 27.9 Å². The fourth-order valence-corrected chi connectivity index (χ4v) is 5.17. The first-order chi connectivity index (χ1) is 17.1. The van der Waals surface area contributed by atoms with Crippen molar-refractivity contribution in [2.24, 2.45) is 21.8 Å². The van der Waals surface area contributed by atoms with Gasteiger partial charge in [0.05, 0.1) is 28.4 Å². The maximum Gasteiger partial charge on any atom is 0.416 e. The van der Waals surface area contributed by atoms with Crippen molar-refractivity contribution < 1.29 is 13.2 Å². The van der Waals surface area contributed by atoms with Crippen LogP contribution < -0.4 is 0 Å². The van der Waals surface area contributed by atoms with Gasteiger partial charge in [-0.15, -0.1) is 0 Å². The first-order valence-corrected chi connectivity index (χ1v) is 12.5. The minimum Gasteiger partial charge on any atom is -0.246 e. The van der Waals surface area contributed by atoms with Crippen molar-refractivity contribution in [2.75, 3.05) is 0 Å². The summed E-state index contributed by atoms with van der Waals surface area (Å²) in [5.74, 6) is 0.690. The molecule has 0 saturated heterocycles. The molecule has 0 radical (unpaired) electrons. The smallest absolute Gasteiger partial charge is 0.246 e. The molecule has 2 aliphatic carbocycles. The molecule has 0 heterocycles. The monoisotopic (exact) mass is 486 g/mol. The Morgan fingerprint density at radius 2 is 1.36 bits per heavy atom. The standard InChI is InChI=1S/C31H29F3N2/c1-18(2)23-10-7-11-24(19(3)4)28(23)36-30-26-13-6-9-20-8-5-12-25(27(20)26)29(30)35-22-16-14-21(15-17-22)31(32,33)34/h5-6,8-10,12-19H,7,11H2,1-4H3. The molecule has 0 amide bonds. The van der Waals surface area contributed by atoms with E-state index in [2.05, 4.69) is 52.0 Å². The van der Waals surface area contributed by atoms with Crippen molar-refractivity contribution in [3.05, 3.63) is 100 Å². The molecular weight excluding hydrogens is 457 g/mol. The van der Waals surface area contributed by atoms with Gasteiger partial charge in [-0.1, -0.05) is 70.2 Å². The summed E-state index contributed by atoms with van der Waals surface area (Å²) in [5.41, 5.74) is 6.85. The predicted molar refractivity (Wildman–Crippen MR) is 142 cm³/mol. The van der Waals surface area contributed by atoms with Crippen molar-refractivity contribution in [1.82, 2.24) is 0 Å². The summed E-state index contributed by atoms with van der Waals surface area (Å²) >= 11 is 0. The van der Waals surface area contributed by atoms with Crippen LogP contribution in [0.15, 0.2) is 93.6 Å². The third-order valence-corrected chi connectivity index (χ3v) is 6.97. The Morgan fingerprint density at radius 1 is 0.750 bits per heavy atom. The summed E-state index contributed by atoms with van der Waals surface area (Å²) in [7, 11) is 0. The lowest BCUT2D eigenvalue weighted by atomic mass is 9.84. The molecule has 0 N–H and O–H groups in total. The van der Waals surface area contributed by atoms with E-state index >= 15 is 0 Å². The average Bonchev–Trinajstić information content (AvgIpc) is 3.13. The molecular formula is C31H29F3N2. The number of alkyl halides is 3. The summed E-state index contributed by atoms with van der Waals surface area (Å²) in [5, 5.41) is 2.18. The molecule has 0 unspecified atom stereocenters. The molecule has 0 saturated carbocycles. The van der Waals surface area contributed by atoms with E-state index in [0.717, 1.165) is 58.3 Å². The van der Waals surface area contributed by atoms with Crippen LogP contribution in [0.1, 0.15) is 57.2 Å². The molecule has 2 nitrogen and oxygen atoms in total. The fourth-order valence-electron chi connectivity index (χ4n) is 5.17. The average molecular weight is 487 g/mol. The van der Waals surface area contributed by atoms with Crippen LogP contribution in [0.2, 0.25) is 0 Å². The van der Waals surface area contributed by atoms with Crippen LogP contribution in [0.4, 0.5) is 18.9 Å². The first-order valence-electron chi connectivity index (χ1n) is 12.5. The van der Waals surface area contributed by atoms with E-state index in [4.69, 9.17) is 9.98 Å². The van der Waals surface area contributed by atoms with Gasteiger partial charge in [-0.05, 0) is 65.5 Å². The molecule has 2 aliphatic rings. The van der Waals surface area contributed by atoms with Gasteiger partial charge in [-0.2, -0.15) is 13.2 Å². The predicted octanol–water partition coefficient (Wildman–Crippen LogP) is 9.07. The summed E-state index contributed by atoms with van der Waals surface area (Å²) in [4.78, 5) is 10.2. The van der Waals surface area contributed by atoms with E-state index in [9.17, 15) is 13.2 Å². The number of halogens is 3. The number of hydrogen-bond acceptors (Lipinski definition) is 2. The minimum absolute atomic E-state index is 0.327. The van der Waals surface area contributed by atoms with Gasteiger partial charge in [0.1, 0.15) is 0 Å². The van der Waals surface area contributed by atoms with Gasteiger partial charge in [-0.3, -0.25) is 0 Å². The van der Waals surface area contributed by atoms with Crippen LogP contribution >= 0.6 is 0 Å². The molecule has 5 heteroatoms. The lowest BCUT2D eigenvalue weighted by molar-refractivity contribution is -0.137. The number of rotatable bonds is 4. The summed E-state index contributed by atoms with van der Waals surface area (Å²) < 4.78 is 39.3. The maximum atomic E-state index is 13.1. The second-order valence-corrected chi connectivity index (χ2v) is 10.1. The Balaban J connectivity index is 1.74. The van der Waals surface area contributed by atoms with Crippen molar-refractivity contribution in [2.45, 2.75) is 46.7 Å². The van der Waals surface area contributed by atoms with E-state index in [0.29, 0.717) is 23.2 Å². The molecule has 0 aliphatic heterocycles. The molecule has 0 aromatic heterocycles. The van der Waals surface area contributed by atoms with Gasteiger partial charge >= 0.3 is 6.18 Å².